The highest BCUT2D eigenvalue weighted by Gasteiger charge is 2.50. The first-order valence-corrected chi connectivity index (χ1v) is 6.78. The Morgan fingerprint density at radius 3 is 2.95 bits per heavy atom. The molecule has 0 aromatic carbocycles. The van der Waals surface area contributed by atoms with Crippen molar-refractivity contribution >= 4 is 5.97 Å². The number of cyclic esters (lactones) is 1. The molecule has 1 aromatic rings. The summed E-state index contributed by atoms with van der Waals surface area (Å²) in [5, 5.41) is 2.99. The number of hydrogen-bond donors (Lipinski definition) is 1. The smallest absolute Gasteiger partial charge is 0.377 e. The number of pyridine rings is 1. The van der Waals surface area contributed by atoms with E-state index >= 15 is 0 Å². The van der Waals surface area contributed by atoms with Crippen molar-refractivity contribution in [2.24, 2.45) is 0 Å². The van der Waals surface area contributed by atoms with Gasteiger partial charge in [-0.1, -0.05) is 6.07 Å². The topological polar surface area (TPSA) is 60.5 Å². The van der Waals surface area contributed by atoms with Gasteiger partial charge in [0.2, 0.25) is 5.88 Å². The Labute approximate surface area is 121 Å². The minimum Gasteiger partial charge on any atom is -0.475 e. The highest BCUT2D eigenvalue weighted by Crippen LogP contribution is 2.30. The van der Waals surface area contributed by atoms with Gasteiger partial charge in [-0.2, -0.15) is 8.78 Å². The number of hydrogen-bond acceptors (Lipinski definition) is 5. The Kier molecular flexibility index (Phi) is 4.72. The van der Waals surface area contributed by atoms with E-state index in [1.165, 1.54) is 0 Å². The average Bonchev–Trinajstić information content (AvgIpc) is 2.64. The van der Waals surface area contributed by atoms with Crippen LogP contribution in [0.3, 0.4) is 0 Å². The lowest BCUT2D eigenvalue weighted by Crippen LogP contribution is -2.27. The van der Waals surface area contributed by atoms with Crippen LogP contribution in [-0.4, -0.2) is 35.6 Å². The zero-order valence-electron chi connectivity index (χ0n) is 11.9. The summed E-state index contributed by atoms with van der Waals surface area (Å²) in [4.78, 5) is 15.0. The summed E-state index contributed by atoms with van der Waals surface area (Å²) >= 11 is 0. The fourth-order valence-corrected chi connectivity index (χ4v) is 2.02. The van der Waals surface area contributed by atoms with Crippen molar-refractivity contribution in [1.82, 2.24) is 10.3 Å². The van der Waals surface area contributed by atoms with Crippen molar-refractivity contribution in [2.45, 2.75) is 44.9 Å². The maximum Gasteiger partial charge on any atom is 0.377 e. The van der Waals surface area contributed by atoms with Gasteiger partial charge in [0.15, 0.2) is 0 Å². The molecule has 1 saturated heterocycles. The molecule has 1 aromatic heterocycles. The second-order valence-corrected chi connectivity index (χ2v) is 5.20. The van der Waals surface area contributed by atoms with E-state index in [-0.39, 0.29) is 12.6 Å². The summed E-state index contributed by atoms with van der Waals surface area (Å²) in [5.41, 5.74) is 0.822. The molecule has 2 rings (SSSR count). The molecule has 0 saturated carbocycles. The number of esters is 1. The molecule has 2 heterocycles. The minimum atomic E-state index is -3.37. The molecule has 1 unspecified atom stereocenters. The van der Waals surface area contributed by atoms with Crippen molar-refractivity contribution in [1.29, 1.82) is 0 Å². The molecule has 7 heteroatoms. The molecule has 116 valence electrons. The molecule has 1 aliphatic heterocycles. The minimum absolute atomic E-state index is 0.00636. The zero-order chi connectivity index (χ0) is 15.5. The number of nitrogens with zero attached hydrogens (tertiary/aromatic N) is 1. The Bertz CT molecular complexity index is 509. The monoisotopic (exact) mass is 300 g/mol. The van der Waals surface area contributed by atoms with Crippen molar-refractivity contribution in [3.63, 3.8) is 0 Å². The molecule has 21 heavy (non-hydrogen) atoms. The van der Waals surface area contributed by atoms with Gasteiger partial charge in [0, 0.05) is 24.8 Å². The Morgan fingerprint density at radius 2 is 2.33 bits per heavy atom. The number of ether oxygens (including phenoxy) is 2. The molecular formula is C14H18F2N2O3. The third-order valence-corrected chi connectivity index (χ3v) is 2.94. The largest absolute Gasteiger partial charge is 0.475 e. The molecule has 0 amide bonds. The lowest BCUT2D eigenvalue weighted by Gasteiger charge is -2.14. The van der Waals surface area contributed by atoms with Crippen LogP contribution in [0.5, 0.6) is 5.88 Å². The third-order valence-electron chi connectivity index (χ3n) is 2.94. The van der Waals surface area contributed by atoms with Gasteiger partial charge in [0.05, 0.1) is 12.5 Å². The molecule has 1 aliphatic rings. The van der Waals surface area contributed by atoms with E-state index < -0.39 is 24.4 Å². The molecule has 5 nitrogen and oxygen atoms in total. The molecule has 0 aliphatic carbocycles. The molecule has 0 spiro atoms. The van der Waals surface area contributed by atoms with E-state index in [2.05, 4.69) is 15.0 Å². The van der Waals surface area contributed by atoms with Gasteiger partial charge in [-0.25, -0.2) is 9.78 Å². The number of nitrogens with one attached hydrogen (secondary N) is 1. The summed E-state index contributed by atoms with van der Waals surface area (Å²) in [6.45, 7) is 4.35. The third kappa shape index (κ3) is 4.10. The Hall–Kier alpha value is -1.76. The predicted octanol–water partition coefficient (Wildman–Crippen LogP) is 1.91. The fraction of sp³-hybridized carbons (Fsp3) is 0.571. The van der Waals surface area contributed by atoms with Crippen LogP contribution in [0, 0.1) is 0 Å². The van der Waals surface area contributed by atoms with Gasteiger partial charge in [-0.05, 0) is 19.9 Å². The first-order chi connectivity index (χ1) is 9.88. The highest BCUT2D eigenvalue weighted by atomic mass is 19.3. The van der Waals surface area contributed by atoms with Gasteiger partial charge in [0.25, 0.3) is 0 Å². The maximum absolute atomic E-state index is 13.0. The van der Waals surface area contributed by atoms with E-state index in [4.69, 9.17) is 4.74 Å². The quantitative estimate of drug-likeness (QED) is 0.813. The molecule has 1 fully saturated rings. The zero-order valence-corrected chi connectivity index (χ0v) is 11.9. The highest BCUT2D eigenvalue weighted by molar-refractivity contribution is 5.79. The van der Waals surface area contributed by atoms with Gasteiger partial charge >= 0.3 is 11.9 Å². The molecular weight excluding hydrogens is 282 g/mol. The van der Waals surface area contributed by atoms with E-state index in [1.807, 2.05) is 19.9 Å². The summed E-state index contributed by atoms with van der Waals surface area (Å²) in [6.07, 6.45) is 0.230. The van der Waals surface area contributed by atoms with E-state index in [1.54, 1.807) is 12.3 Å². The number of carbonyl (C=O) groups is 1. The van der Waals surface area contributed by atoms with E-state index in [9.17, 15) is 13.6 Å². The number of carbonyl (C=O) groups excluding carboxylic acids is 1. The van der Waals surface area contributed by atoms with Crippen molar-refractivity contribution in [3.05, 3.63) is 23.9 Å². The summed E-state index contributed by atoms with van der Waals surface area (Å²) in [7, 11) is 0. The molecule has 1 N–H and O–H groups in total. The SMILES string of the molecule is CC(C)Oc1ncccc1CNCC1CC(F)(F)C(=O)O1. The van der Waals surface area contributed by atoms with E-state index in [0.717, 1.165) is 5.56 Å². The lowest BCUT2D eigenvalue weighted by molar-refractivity contribution is -0.159. The number of halogens is 2. The standard InChI is InChI=1S/C14H18F2N2O3/c1-9(2)20-12-10(4-3-5-18-12)7-17-8-11-6-14(15,16)13(19)21-11/h3-5,9,11,17H,6-8H2,1-2H3. The van der Waals surface area contributed by atoms with Gasteiger partial charge in [-0.3, -0.25) is 0 Å². The van der Waals surface area contributed by atoms with Crippen LogP contribution in [0.1, 0.15) is 25.8 Å². The number of aromatic nitrogens is 1. The van der Waals surface area contributed by atoms with Crippen LogP contribution < -0.4 is 10.1 Å². The lowest BCUT2D eigenvalue weighted by atomic mass is 10.2. The number of alkyl halides is 2. The van der Waals surface area contributed by atoms with Crippen LogP contribution >= 0.6 is 0 Å². The first kappa shape index (κ1) is 15.6. The Morgan fingerprint density at radius 1 is 1.57 bits per heavy atom. The summed E-state index contributed by atoms with van der Waals surface area (Å²) in [5.74, 6) is -4.31. The fourth-order valence-electron chi connectivity index (χ4n) is 2.02. The average molecular weight is 300 g/mol. The van der Waals surface area contributed by atoms with Crippen molar-refractivity contribution < 1.29 is 23.0 Å². The van der Waals surface area contributed by atoms with Crippen LogP contribution in [0.4, 0.5) is 8.78 Å². The second kappa shape index (κ2) is 6.34. The summed E-state index contributed by atoms with van der Waals surface area (Å²) < 4.78 is 36.2. The second-order valence-electron chi connectivity index (χ2n) is 5.20. The van der Waals surface area contributed by atoms with Gasteiger partial charge < -0.3 is 14.8 Å². The van der Waals surface area contributed by atoms with Crippen LogP contribution in [0.2, 0.25) is 0 Å². The van der Waals surface area contributed by atoms with Gasteiger partial charge in [-0.15, -0.1) is 0 Å². The summed E-state index contributed by atoms with van der Waals surface area (Å²) in [6, 6.07) is 3.61. The molecule has 1 atom stereocenters. The molecule has 0 bridgehead atoms. The van der Waals surface area contributed by atoms with E-state index in [0.29, 0.717) is 12.4 Å². The maximum atomic E-state index is 13.0. The number of rotatable bonds is 6. The van der Waals surface area contributed by atoms with Crippen LogP contribution in [-0.2, 0) is 16.1 Å². The Balaban J connectivity index is 1.86. The molecule has 0 radical (unpaired) electrons. The van der Waals surface area contributed by atoms with Crippen molar-refractivity contribution in [2.75, 3.05) is 6.54 Å². The first-order valence-electron chi connectivity index (χ1n) is 6.78. The normalized spacial score (nSPS) is 20.6. The predicted molar refractivity (Wildman–Crippen MR) is 71.2 cm³/mol. The van der Waals surface area contributed by atoms with Crippen molar-refractivity contribution in [3.8, 4) is 5.88 Å². The van der Waals surface area contributed by atoms with Crippen LogP contribution in [0.25, 0.3) is 0 Å². The van der Waals surface area contributed by atoms with Crippen LogP contribution in [0.15, 0.2) is 18.3 Å². The van der Waals surface area contributed by atoms with Gasteiger partial charge in [0.1, 0.15) is 6.10 Å².